The number of fused-ring (bicyclic) bond motifs is 1. The van der Waals surface area contributed by atoms with Gasteiger partial charge in [0.15, 0.2) is 0 Å². The third kappa shape index (κ3) is 2.16. The number of nitrogens with zero attached hydrogens (tertiary/aromatic N) is 1. The summed E-state index contributed by atoms with van der Waals surface area (Å²) >= 11 is 0. The summed E-state index contributed by atoms with van der Waals surface area (Å²) < 4.78 is 5.70. The average Bonchev–Trinajstić information content (AvgIpc) is 2.88. The lowest BCUT2D eigenvalue weighted by atomic mass is 9.93. The van der Waals surface area contributed by atoms with Crippen LogP contribution in [0.4, 0.5) is 0 Å². The van der Waals surface area contributed by atoms with Crippen molar-refractivity contribution >= 4 is 5.91 Å². The molecule has 0 radical (unpaired) electrons. The van der Waals surface area contributed by atoms with Gasteiger partial charge in [0.05, 0.1) is 18.2 Å². The van der Waals surface area contributed by atoms with Gasteiger partial charge in [-0.05, 0) is 45.1 Å². The number of amides is 1. The van der Waals surface area contributed by atoms with Crippen LogP contribution < -0.4 is 5.32 Å². The molecule has 4 heteroatoms. The Morgan fingerprint density at radius 1 is 1.22 bits per heavy atom. The van der Waals surface area contributed by atoms with E-state index < -0.39 is 0 Å². The third-order valence-corrected chi connectivity index (χ3v) is 4.74. The van der Waals surface area contributed by atoms with Gasteiger partial charge in [-0.1, -0.05) is 6.42 Å². The number of rotatable bonds is 1. The molecule has 4 nitrogen and oxygen atoms in total. The summed E-state index contributed by atoms with van der Waals surface area (Å²) in [6.45, 7) is 6.64. The number of morpholine rings is 1. The van der Waals surface area contributed by atoms with Crippen molar-refractivity contribution in [1.82, 2.24) is 10.2 Å². The van der Waals surface area contributed by atoms with E-state index >= 15 is 0 Å². The molecule has 5 atom stereocenters. The van der Waals surface area contributed by atoms with Crippen molar-refractivity contribution in [2.24, 2.45) is 11.8 Å². The molecule has 0 aromatic rings. The molecular formula is C14H24N2O2. The first-order chi connectivity index (χ1) is 8.65. The van der Waals surface area contributed by atoms with E-state index in [4.69, 9.17) is 4.74 Å². The zero-order chi connectivity index (χ0) is 12.7. The number of carbonyl (C=O) groups excluding carboxylic acids is 1. The molecule has 0 aromatic carbocycles. The van der Waals surface area contributed by atoms with E-state index in [1.54, 1.807) is 0 Å². The Labute approximate surface area is 109 Å². The fourth-order valence-corrected chi connectivity index (χ4v) is 4.01. The van der Waals surface area contributed by atoms with Crippen molar-refractivity contribution in [2.45, 2.75) is 51.4 Å². The van der Waals surface area contributed by atoms with Crippen LogP contribution in [0.3, 0.4) is 0 Å². The van der Waals surface area contributed by atoms with Gasteiger partial charge in [0.2, 0.25) is 5.91 Å². The molecule has 1 N–H and O–H groups in total. The van der Waals surface area contributed by atoms with Gasteiger partial charge in [-0.25, -0.2) is 0 Å². The van der Waals surface area contributed by atoms with Gasteiger partial charge in [-0.15, -0.1) is 0 Å². The second-order valence-corrected chi connectivity index (χ2v) is 6.24. The van der Waals surface area contributed by atoms with Gasteiger partial charge in [0, 0.05) is 13.1 Å². The molecule has 2 heterocycles. The maximum absolute atomic E-state index is 12.6. The van der Waals surface area contributed by atoms with Crippen LogP contribution in [-0.2, 0) is 9.53 Å². The zero-order valence-electron chi connectivity index (χ0n) is 11.4. The molecule has 2 aliphatic heterocycles. The third-order valence-electron chi connectivity index (χ3n) is 4.74. The molecule has 0 spiro atoms. The quantitative estimate of drug-likeness (QED) is 0.757. The lowest BCUT2D eigenvalue weighted by Gasteiger charge is -2.37. The standard InChI is InChI=1S/C14H24N2O2/c1-9-7-16(8-10(2)18-9)14(17)13-12-5-3-4-11(12)6-15-13/h9-13,15H,3-8H2,1-2H3/t9-,10+,11?,12?,13?. The van der Waals surface area contributed by atoms with Crippen LogP contribution in [0.25, 0.3) is 0 Å². The van der Waals surface area contributed by atoms with Gasteiger partial charge in [0.25, 0.3) is 0 Å². The molecule has 0 aromatic heterocycles. The molecule has 3 unspecified atom stereocenters. The topological polar surface area (TPSA) is 41.6 Å². The van der Waals surface area contributed by atoms with Crippen molar-refractivity contribution < 1.29 is 9.53 Å². The Bertz CT molecular complexity index is 324. The van der Waals surface area contributed by atoms with E-state index in [0.29, 0.717) is 11.8 Å². The van der Waals surface area contributed by atoms with E-state index in [1.165, 1.54) is 19.3 Å². The molecule has 18 heavy (non-hydrogen) atoms. The molecule has 1 aliphatic carbocycles. The number of hydrogen-bond donors (Lipinski definition) is 1. The van der Waals surface area contributed by atoms with Gasteiger partial charge < -0.3 is 15.0 Å². The molecule has 3 aliphatic rings. The maximum Gasteiger partial charge on any atom is 0.240 e. The smallest absolute Gasteiger partial charge is 0.240 e. The highest BCUT2D eigenvalue weighted by atomic mass is 16.5. The predicted octanol–water partition coefficient (Wildman–Crippen LogP) is 1.01. The van der Waals surface area contributed by atoms with E-state index in [-0.39, 0.29) is 18.2 Å². The van der Waals surface area contributed by atoms with Crippen LogP contribution in [0.1, 0.15) is 33.1 Å². The van der Waals surface area contributed by atoms with Crippen LogP contribution in [0, 0.1) is 11.8 Å². The fraction of sp³-hybridized carbons (Fsp3) is 0.929. The van der Waals surface area contributed by atoms with Gasteiger partial charge >= 0.3 is 0 Å². The fourth-order valence-electron chi connectivity index (χ4n) is 4.01. The zero-order valence-corrected chi connectivity index (χ0v) is 11.4. The van der Waals surface area contributed by atoms with Crippen molar-refractivity contribution in [3.05, 3.63) is 0 Å². The number of carbonyl (C=O) groups is 1. The molecule has 102 valence electrons. The average molecular weight is 252 g/mol. The Morgan fingerprint density at radius 2 is 1.94 bits per heavy atom. The number of ether oxygens (including phenoxy) is 1. The summed E-state index contributed by atoms with van der Waals surface area (Å²) in [5, 5.41) is 3.45. The monoisotopic (exact) mass is 252 g/mol. The Kier molecular flexibility index (Phi) is 3.32. The van der Waals surface area contributed by atoms with E-state index in [9.17, 15) is 4.79 Å². The van der Waals surface area contributed by atoms with Gasteiger partial charge in [-0.2, -0.15) is 0 Å². The molecule has 1 amide bonds. The summed E-state index contributed by atoms with van der Waals surface area (Å²) in [7, 11) is 0. The van der Waals surface area contributed by atoms with E-state index in [2.05, 4.69) is 19.2 Å². The summed E-state index contributed by atoms with van der Waals surface area (Å²) in [6.07, 6.45) is 4.16. The first-order valence-corrected chi connectivity index (χ1v) is 7.33. The molecule has 1 saturated carbocycles. The van der Waals surface area contributed by atoms with Crippen molar-refractivity contribution in [3.8, 4) is 0 Å². The van der Waals surface area contributed by atoms with Gasteiger partial charge in [0.1, 0.15) is 0 Å². The number of nitrogens with one attached hydrogen (secondary N) is 1. The Balaban J connectivity index is 1.67. The Morgan fingerprint density at radius 3 is 2.67 bits per heavy atom. The van der Waals surface area contributed by atoms with Crippen LogP contribution >= 0.6 is 0 Å². The van der Waals surface area contributed by atoms with Crippen molar-refractivity contribution in [2.75, 3.05) is 19.6 Å². The lowest BCUT2D eigenvalue weighted by Crippen LogP contribution is -2.54. The normalized spacial score (nSPS) is 44.1. The second-order valence-electron chi connectivity index (χ2n) is 6.24. The molecule has 2 saturated heterocycles. The van der Waals surface area contributed by atoms with Gasteiger partial charge in [-0.3, -0.25) is 4.79 Å². The summed E-state index contributed by atoms with van der Waals surface area (Å²) in [4.78, 5) is 14.7. The molecular weight excluding hydrogens is 228 g/mol. The minimum atomic E-state index is 0.0787. The van der Waals surface area contributed by atoms with Crippen LogP contribution in [-0.4, -0.2) is 48.7 Å². The highest BCUT2D eigenvalue weighted by Gasteiger charge is 2.44. The van der Waals surface area contributed by atoms with Crippen molar-refractivity contribution in [3.63, 3.8) is 0 Å². The predicted molar refractivity (Wildman–Crippen MR) is 69.2 cm³/mol. The highest BCUT2D eigenvalue weighted by molar-refractivity contribution is 5.83. The van der Waals surface area contributed by atoms with Crippen LogP contribution in [0.5, 0.6) is 0 Å². The van der Waals surface area contributed by atoms with Crippen molar-refractivity contribution in [1.29, 1.82) is 0 Å². The molecule has 0 bridgehead atoms. The highest BCUT2D eigenvalue weighted by Crippen LogP contribution is 2.38. The number of hydrogen-bond acceptors (Lipinski definition) is 3. The summed E-state index contributed by atoms with van der Waals surface area (Å²) in [6, 6.07) is 0.0787. The minimum absolute atomic E-state index is 0.0787. The molecule has 3 rings (SSSR count). The first kappa shape index (κ1) is 12.4. The van der Waals surface area contributed by atoms with Crippen LogP contribution in [0.2, 0.25) is 0 Å². The maximum atomic E-state index is 12.6. The van der Waals surface area contributed by atoms with E-state index in [0.717, 1.165) is 25.6 Å². The minimum Gasteiger partial charge on any atom is -0.372 e. The summed E-state index contributed by atoms with van der Waals surface area (Å²) in [5.74, 6) is 1.65. The SMILES string of the molecule is C[C@@H]1CN(C(=O)C2NCC3CCCC32)C[C@H](C)O1. The second kappa shape index (κ2) is 4.82. The lowest BCUT2D eigenvalue weighted by molar-refractivity contribution is -0.146. The first-order valence-electron chi connectivity index (χ1n) is 7.33. The molecule has 3 fully saturated rings. The van der Waals surface area contributed by atoms with Crippen LogP contribution in [0.15, 0.2) is 0 Å². The van der Waals surface area contributed by atoms with E-state index in [1.807, 2.05) is 4.90 Å². The largest absolute Gasteiger partial charge is 0.372 e. The Hall–Kier alpha value is -0.610. The summed E-state index contributed by atoms with van der Waals surface area (Å²) in [5.41, 5.74) is 0.